The van der Waals surface area contributed by atoms with Crippen molar-refractivity contribution in [2.24, 2.45) is 5.92 Å². The first kappa shape index (κ1) is 7.29. The maximum Gasteiger partial charge on any atom is 0.147 e. The van der Waals surface area contributed by atoms with Crippen LogP contribution in [0, 0.1) is 5.92 Å². The maximum absolute atomic E-state index is 11.2. The normalized spacial score (nSPS) is 43.3. The first-order chi connectivity index (χ1) is 5.20. The van der Waals surface area contributed by atoms with Gasteiger partial charge in [0.1, 0.15) is 5.78 Å². The Morgan fingerprint density at radius 1 is 1.45 bits per heavy atom. The van der Waals surface area contributed by atoms with Gasteiger partial charge >= 0.3 is 0 Å². The Balaban J connectivity index is 2.17. The van der Waals surface area contributed by atoms with E-state index in [-0.39, 0.29) is 6.04 Å². The van der Waals surface area contributed by atoms with Crippen LogP contribution < -0.4 is 0 Å². The molecule has 1 aliphatic carbocycles. The molecule has 62 valence electrons. The molecule has 3 atom stereocenters. The zero-order chi connectivity index (χ0) is 8.01. The number of Topliss-reactive ketones (excluding diaryl/α,β-unsaturated/α-hetero) is 1. The fourth-order valence-electron chi connectivity index (χ4n) is 2.83. The van der Waals surface area contributed by atoms with Gasteiger partial charge in [0.15, 0.2) is 0 Å². The highest BCUT2D eigenvalue weighted by atomic mass is 16.1. The van der Waals surface area contributed by atoms with Crippen molar-refractivity contribution in [2.45, 2.75) is 38.3 Å². The molecule has 0 spiro atoms. The molecular formula is C9H15NO. The predicted molar refractivity (Wildman–Crippen MR) is 43.4 cm³/mol. The van der Waals surface area contributed by atoms with Crippen LogP contribution in [0.2, 0.25) is 0 Å². The molecule has 0 aromatic carbocycles. The van der Waals surface area contributed by atoms with E-state index in [4.69, 9.17) is 0 Å². The minimum atomic E-state index is 0.258. The highest BCUT2D eigenvalue weighted by Gasteiger charge is 2.45. The van der Waals surface area contributed by atoms with E-state index >= 15 is 0 Å². The number of ketones is 1. The molecule has 2 bridgehead atoms. The summed E-state index contributed by atoms with van der Waals surface area (Å²) in [6.45, 7) is 1.72. The number of fused-ring (bicyclic) bond motifs is 2. The van der Waals surface area contributed by atoms with Gasteiger partial charge in [-0.15, -0.1) is 0 Å². The lowest BCUT2D eigenvalue weighted by Crippen LogP contribution is -2.41. The van der Waals surface area contributed by atoms with Crippen LogP contribution in [-0.2, 0) is 4.79 Å². The number of carbonyl (C=O) groups is 1. The van der Waals surface area contributed by atoms with Crippen LogP contribution in [-0.4, -0.2) is 29.8 Å². The second-order valence-corrected chi connectivity index (χ2v) is 3.95. The first-order valence-corrected chi connectivity index (χ1v) is 4.42. The fourth-order valence-corrected chi connectivity index (χ4v) is 2.83. The van der Waals surface area contributed by atoms with Crippen LogP contribution in [0.25, 0.3) is 0 Å². The lowest BCUT2D eigenvalue weighted by Gasteiger charge is -2.29. The molecule has 0 N–H and O–H groups in total. The van der Waals surface area contributed by atoms with Crippen LogP contribution in [0.5, 0.6) is 0 Å². The smallest absolute Gasteiger partial charge is 0.147 e. The van der Waals surface area contributed by atoms with Crippen LogP contribution in [0.15, 0.2) is 0 Å². The molecule has 2 fully saturated rings. The van der Waals surface area contributed by atoms with Crippen molar-refractivity contribution < 1.29 is 4.79 Å². The Bertz CT molecular complexity index is 188. The monoisotopic (exact) mass is 153 g/mol. The van der Waals surface area contributed by atoms with Crippen LogP contribution >= 0.6 is 0 Å². The van der Waals surface area contributed by atoms with E-state index in [1.165, 1.54) is 19.3 Å². The Morgan fingerprint density at radius 3 is 2.55 bits per heavy atom. The summed E-state index contributed by atoms with van der Waals surface area (Å²) in [5, 5.41) is 0. The van der Waals surface area contributed by atoms with Crippen LogP contribution in [0.4, 0.5) is 0 Å². The molecule has 0 aromatic heterocycles. The van der Waals surface area contributed by atoms with Crippen molar-refractivity contribution in [3.8, 4) is 0 Å². The van der Waals surface area contributed by atoms with Crippen molar-refractivity contribution in [2.75, 3.05) is 7.05 Å². The number of rotatable bonds is 1. The predicted octanol–water partition coefficient (Wildman–Crippen LogP) is 1.06. The van der Waals surface area contributed by atoms with E-state index in [1.807, 2.05) is 0 Å². The number of piperidine rings is 1. The molecule has 2 rings (SSSR count). The summed E-state index contributed by atoms with van der Waals surface area (Å²) in [7, 11) is 2.09. The summed E-state index contributed by atoms with van der Waals surface area (Å²) in [6.07, 6.45) is 3.85. The van der Waals surface area contributed by atoms with Crippen molar-refractivity contribution in [3.63, 3.8) is 0 Å². The van der Waals surface area contributed by atoms with Crippen molar-refractivity contribution in [1.29, 1.82) is 0 Å². The largest absolute Gasteiger partial charge is 0.298 e. The van der Waals surface area contributed by atoms with Gasteiger partial charge in [-0.2, -0.15) is 0 Å². The van der Waals surface area contributed by atoms with Gasteiger partial charge in [-0.25, -0.2) is 0 Å². The molecule has 3 unspecified atom stereocenters. The van der Waals surface area contributed by atoms with Crippen molar-refractivity contribution in [1.82, 2.24) is 4.90 Å². The number of hydrogen-bond donors (Lipinski definition) is 0. The number of nitrogens with zero attached hydrogens (tertiary/aromatic N) is 1. The summed E-state index contributed by atoms with van der Waals surface area (Å²) in [6, 6.07) is 0.975. The summed E-state index contributed by atoms with van der Waals surface area (Å²) < 4.78 is 0. The quantitative estimate of drug-likeness (QED) is 0.561. The molecule has 1 heterocycles. The van der Waals surface area contributed by atoms with E-state index in [9.17, 15) is 4.79 Å². The summed E-state index contributed by atoms with van der Waals surface area (Å²) in [4.78, 5) is 13.5. The van der Waals surface area contributed by atoms with Crippen molar-refractivity contribution >= 4 is 5.78 Å². The summed E-state index contributed by atoms with van der Waals surface area (Å²) in [5.74, 6) is 1.04. The molecule has 1 saturated heterocycles. The van der Waals surface area contributed by atoms with Gasteiger partial charge in [0, 0.05) is 6.04 Å². The molecule has 0 radical (unpaired) electrons. The molecule has 2 heteroatoms. The SMILES string of the molecule is CC(=O)C1C2CCC(C2)N1C. The average molecular weight is 153 g/mol. The molecule has 2 aliphatic rings. The molecule has 1 aliphatic heterocycles. The van der Waals surface area contributed by atoms with Gasteiger partial charge in [-0.1, -0.05) is 0 Å². The Kier molecular flexibility index (Phi) is 1.53. The zero-order valence-corrected chi connectivity index (χ0v) is 7.21. The molecular weight excluding hydrogens is 138 g/mol. The Morgan fingerprint density at radius 2 is 2.18 bits per heavy atom. The molecule has 0 amide bonds. The number of likely N-dealkylation sites (tertiary alicyclic amines) is 1. The average Bonchev–Trinajstić information content (AvgIpc) is 2.44. The Hall–Kier alpha value is -0.370. The minimum Gasteiger partial charge on any atom is -0.298 e. The van der Waals surface area contributed by atoms with Gasteiger partial charge in [0.2, 0.25) is 0 Å². The van der Waals surface area contributed by atoms with Gasteiger partial charge in [-0.3, -0.25) is 9.69 Å². The third-order valence-corrected chi connectivity index (χ3v) is 3.32. The number of likely N-dealkylation sites (N-methyl/N-ethyl adjacent to an activating group) is 1. The number of hydrogen-bond acceptors (Lipinski definition) is 2. The van der Waals surface area contributed by atoms with Crippen molar-refractivity contribution in [3.05, 3.63) is 0 Å². The van der Waals surface area contributed by atoms with Gasteiger partial charge in [0.25, 0.3) is 0 Å². The third-order valence-electron chi connectivity index (χ3n) is 3.32. The number of carbonyl (C=O) groups excluding carboxylic acids is 1. The minimum absolute atomic E-state index is 0.258. The lowest BCUT2D eigenvalue weighted by molar-refractivity contribution is -0.123. The second-order valence-electron chi connectivity index (χ2n) is 3.95. The van der Waals surface area contributed by atoms with E-state index in [0.717, 1.165) is 0 Å². The van der Waals surface area contributed by atoms with E-state index in [1.54, 1.807) is 6.92 Å². The van der Waals surface area contributed by atoms with E-state index in [2.05, 4.69) is 11.9 Å². The standard InChI is InChI=1S/C9H15NO/c1-6(11)9-7-3-4-8(5-7)10(9)2/h7-9H,3-5H2,1-2H3. The van der Waals surface area contributed by atoms with Gasteiger partial charge < -0.3 is 0 Å². The third kappa shape index (κ3) is 0.924. The molecule has 1 saturated carbocycles. The fraction of sp³-hybridized carbons (Fsp3) is 0.889. The summed E-state index contributed by atoms with van der Waals surface area (Å²) in [5.41, 5.74) is 0. The maximum atomic E-state index is 11.2. The van der Waals surface area contributed by atoms with E-state index in [0.29, 0.717) is 17.7 Å². The molecule has 11 heavy (non-hydrogen) atoms. The highest BCUT2D eigenvalue weighted by Crippen LogP contribution is 2.41. The highest BCUT2D eigenvalue weighted by molar-refractivity contribution is 5.82. The lowest BCUT2D eigenvalue weighted by atomic mass is 9.96. The topological polar surface area (TPSA) is 20.3 Å². The van der Waals surface area contributed by atoms with Crippen LogP contribution in [0.3, 0.4) is 0 Å². The van der Waals surface area contributed by atoms with Gasteiger partial charge in [-0.05, 0) is 39.2 Å². The molecule has 2 nitrogen and oxygen atoms in total. The van der Waals surface area contributed by atoms with Crippen LogP contribution in [0.1, 0.15) is 26.2 Å². The molecule has 0 aromatic rings. The summed E-state index contributed by atoms with van der Waals surface area (Å²) >= 11 is 0. The van der Waals surface area contributed by atoms with E-state index < -0.39 is 0 Å². The van der Waals surface area contributed by atoms with Gasteiger partial charge in [0.05, 0.1) is 6.04 Å². The zero-order valence-electron chi connectivity index (χ0n) is 7.21. The Labute approximate surface area is 67.6 Å². The first-order valence-electron chi connectivity index (χ1n) is 4.42. The second kappa shape index (κ2) is 2.31.